The third kappa shape index (κ3) is 2.60. The molecule has 2 N–H and O–H groups in total. The molecule has 0 saturated carbocycles. The fourth-order valence-corrected chi connectivity index (χ4v) is 1.29. The number of aromatic hydroxyl groups is 2. The maximum Gasteiger partial charge on any atom is 0.116 e. The predicted octanol–water partition coefficient (Wildman–Crippen LogP) is 2.85. The van der Waals surface area contributed by atoms with Gasteiger partial charge in [-0.2, -0.15) is 0 Å². The van der Waals surface area contributed by atoms with Crippen LogP contribution in [0.5, 0.6) is 11.5 Å². The lowest BCUT2D eigenvalue weighted by atomic mass is 10.2. The van der Waals surface area contributed by atoms with Crippen molar-refractivity contribution in [3.05, 3.63) is 54.1 Å². The van der Waals surface area contributed by atoms with Crippen LogP contribution < -0.4 is 0 Å². The normalized spacial score (nSPS) is 10.8. The van der Waals surface area contributed by atoms with Gasteiger partial charge >= 0.3 is 0 Å². The topological polar surface area (TPSA) is 52.8 Å². The summed E-state index contributed by atoms with van der Waals surface area (Å²) in [7, 11) is 0. The Labute approximate surface area is 93.3 Å². The van der Waals surface area contributed by atoms with Gasteiger partial charge in [0, 0.05) is 6.21 Å². The number of hydrogen-bond acceptors (Lipinski definition) is 3. The Hall–Kier alpha value is -2.29. The van der Waals surface area contributed by atoms with Gasteiger partial charge in [-0.05, 0) is 42.0 Å². The number of rotatable bonds is 2. The molecular weight excluding hydrogens is 202 g/mol. The molecule has 2 aromatic carbocycles. The van der Waals surface area contributed by atoms with Crippen molar-refractivity contribution in [3.63, 3.8) is 0 Å². The second-order valence-electron chi connectivity index (χ2n) is 3.37. The van der Waals surface area contributed by atoms with Crippen molar-refractivity contribution in [1.29, 1.82) is 0 Å². The Morgan fingerprint density at radius 2 is 1.62 bits per heavy atom. The van der Waals surface area contributed by atoms with E-state index in [-0.39, 0.29) is 11.5 Å². The van der Waals surface area contributed by atoms with Gasteiger partial charge in [-0.1, -0.05) is 12.1 Å². The van der Waals surface area contributed by atoms with Gasteiger partial charge in [0.25, 0.3) is 0 Å². The van der Waals surface area contributed by atoms with Crippen LogP contribution in [0.25, 0.3) is 0 Å². The molecule has 0 atom stereocenters. The molecule has 0 saturated heterocycles. The van der Waals surface area contributed by atoms with Gasteiger partial charge in [-0.25, -0.2) is 0 Å². The molecule has 16 heavy (non-hydrogen) atoms. The average molecular weight is 213 g/mol. The molecule has 3 heteroatoms. The highest BCUT2D eigenvalue weighted by atomic mass is 16.3. The molecule has 3 nitrogen and oxygen atoms in total. The fraction of sp³-hybridized carbons (Fsp3) is 0. The molecule has 0 amide bonds. The number of phenols is 2. The van der Waals surface area contributed by atoms with E-state index in [4.69, 9.17) is 5.11 Å². The van der Waals surface area contributed by atoms with Crippen molar-refractivity contribution in [3.8, 4) is 11.5 Å². The van der Waals surface area contributed by atoms with Crippen molar-refractivity contribution >= 4 is 11.9 Å². The van der Waals surface area contributed by atoms with Crippen molar-refractivity contribution in [1.82, 2.24) is 0 Å². The van der Waals surface area contributed by atoms with Gasteiger partial charge in [0.05, 0.1) is 5.69 Å². The van der Waals surface area contributed by atoms with Gasteiger partial charge in [-0.3, -0.25) is 4.99 Å². The lowest BCUT2D eigenvalue weighted by molar-refractivity contribution is 0.475. The Balaban J connectivity index is 2.18. The van der Waals surface area contributed by atoms with Gasteiger partial charge < -0.3 is 10.2 Å². The van der Waals surface area contributed by atoms with Crippen LogP contribution in [0.1, 0.15) is 5.56 Å². The van der Waals surface area contributed by atoms with E-state index in [9.17, 15) is 5.11 Å². The molecule has 0 aliphatic heterocycles. The molecule has 0 spiro atoms. The molecule has 2 aromatic rings. The summed E-state index contributed by atoms with van der Waals surface area (Å²) in [4.78, 5) is 4.21. The highest BCUT2D eigenvalue weighted by molar-refractivity contribution is 5.82. The molecule has 0 unspecified atom stereocenters. The maximum absolute atomic E-state index is 9.25. The molecule has 0 aromatic heterocycles. The maximum atomic E-state index is 9.25. The third-order valence-corrected chi connectivity index (χ3v) is 2.08. The summed E-state index contributed by atoms with van der Waals surface area (Å²) in [5.41, 5.74) is 1.58. The van der Waals surface area contributed by atoms with Gasteiger partial charge in [0.1, 0.15) is 11.5 Å². The Morgan fingerprint density at radius 3 is 2.31 bits per heavy atom. The number of phenolic OH excluding ortho intramolecular Hbond substituents is 2. The van der Waals surface area contributed by atoms with Crippen molar-refractivity contribution in [2.75, 3.05) is 0 Å². The van der Waals surface area contributed by atoms with E-state index in [1.807, 2.05) is 6.07 Å². The second kappa shape index (κ2) is 4.49. The zero-order chi connectivity index (χ0) is 11.4. The third-order valence-electron chi connectivity index (χ3n) is 2.08. The minimum absolute atomic E-state index is 0.217. The summed E-state index contributed by atoms with van der Waals surface area (Å²) >= 11 is 0. The van der Waals surface area contributed by atoms with Crippen LogP contribution in [0.2, 0.25) is 0 Å². The molecule has 0 bridgehead atoms. The zero-order valence-electron chi connectivity index (χ0n) is 8.54. The average Bonchev–Trinajstić information content (AvgIpc) is 2.28. The van der Waals surface area contributed by atoms with Crippen molar-refractivity contribution in [2.24, 2.45) is 4.99 Å². The minimum Gasteiger partial charge on any atom is -0.508 e. The van der Waals surface area contributed by atoms with Crippen molar-refractivity contribution in [2.45, 2.75) is 0 Å². The molecule has 0 aliphatic rings. The standard InChI is InChI=1S/C13H11NO2/c15-12-6-4-11(5-7-12)14-9-10-2-1-3-13(16)8-10/h1-9,15-16H. The summed E-state index contributed by atoms with van der Waals surface area (Å²) < 4.78 is 0. The number of hydrogen-bond donors (Lipinski definition) is 2. The summed E-state index contributed by atoms with van der Waals surface area (Å²) in [6.45, 7) is 0. The Morgan fingerprint density at radius 1 is 0.875 bits per heavy atom. The van der Waals surface area contributed by atoms with Crippen LogP contribution in [0.4, 0.5) is 5.69 Å². The first kappa shape index (κ1) is 10.2. The van der Waals surface area contributed by atoms with E-state index in [1.54, 1.807) is 48.7 Å². The Bertz CT molecular complexity index is 504. The molecule has 0 fully saturated rings. The van der Waals surface area contributed by atoms with Crippen LogP contribution in [0, 0.1) is 0 Å². The molecule has 2 rings (SSSR count). The number of aliphatic imine (C=N–C) groups is 1. The molecule has 0 heterocycles. The molecule has 80 valence electrons. The SMILES string of the molecule is Oc1ccc(N=Cc2cccc(O)c2)cc1. The smallest absolute Gasteiger partial charge is 0.116 e. The van der Waals surface area contributed by atoms with Crippen LogP contribution in [0.3, 0.4) is 0 Å². The Kier molecular flexibility index (Phi) is 2.87. The lowest BCUT2D eigenvalue weighted by Crippen LogP contribution is -1.78. The van der Waals surface area contributed by atoms with E-state index >= 15 is 0 Å². The van der Waals surface area contributed by atoms with Crippen LogP contribution >= 0.6 is 0 Å². The van der Waals surface area contributed by atoms with Crippen molar-refractivity contribution < 1.29 is 10.2 Å². The predicted molar refractivity (Wildman–Crippen MR) is 63.5 cm³/mol. The van der Waals surface area contributed by atoms with E-state index in [0.29, 0.717) is 0 Å². The summed E-state index contributed by atoms with van der Waals surface area (Å²) in [5.74, 6) is 0.436. The van der Waals surface area contributed by atoms with Crippen LogP contribution in [-0.2, 0) is 0 Å². The van der Waals surface area contributed by atoms with E-state index < -0.39 is 0 Å². The first-order chi connectivity index (χ1) is 7.74. The number of nitrogens with zero attached hydrogens (tertiary/aromatic N) is 1. The first-order valence-corrected chi connectivity index (χ1v) is 4.86. The number of benzene rings is 2. The molecule has 0 aliphatic carbocycles. The van der Waals surface area contributed by atoms with Crippen LogP contribution in [-0.4, -0.2) is 16.4 Å². The minimum atomic E-state index is 0.217. The molecule has 0 radical (unpaired) electrons. The molecular formula is C13H11NO2. The van der Waals surface area contributed by atoms with Crippen LogP contribution in [0.15, 0.2) is 53.5 Å². The van der Waals surface area contributed by atoms with E-state index in [0.717, 1.165) is 11.3 Å². The summed E-state index contributed by atoms with van der Waals surface area (Å²) in [6.07, 6.45) is 1.66. The quantitative estimate of drug-likeness (QED) is 0.753. The summed E-state index contributed by atoms with van der Waals surface area (Å²) in [5, 5.41) is 18.3. The second-order valence-corrected chi connectivity index (χ2v) is 3.37. The fourth-order valence-electron chi connectivity index (χ4n) is 1.29. The van der Waals surface area contributed by atoms with Gasteiger partial charge in [-0.15, -0.1) is 0 Å². The summed E-state index contributed by atoms with van der Waals surface area (Å²) in [6, 6.07) is 13.4. The highest BCUT2D eigenvalue weighted by Gasteiger charge is 1.91. The van der Waals surface area contributed by atoms with Gasteiger partial charge in [0.15, 0.2) is 0 Å². The highest BCUT2D eigenvalue weighted by Crippen LogP contribution is 2.17. The first-order valence-electron chi connectivity index (χ1n) is 4.86. The lowest BCUT2D eigenvalue weighted by Gasteiger charge is -1.95. The van der Waals surface area contributed by atoms with Gasteiger partial charge in [0.2, 0.25) is 0 Å². The van der Waals surface area contributed by atoms with E-state index in [1.165, 1.54) is 0 Å². The zero-order valence-corrected chi connectivity index (χ0v) is 8.54. The monoisotopic (exact) mass is 213 g/mol. The largest absolute Gasteiger partial charge is 0.508 e. The van der Waals surface area contributed by atoms with E-state index in [2.05, 4.69) is 4.99 Å².